The molecule has 1 saturated carbocycles. The summed E-state index contributed by atoms with van der Waals surface area (Å²) < 4.78 is 2.27. The second-order valence-corrected chi connectivity index (χ2v) is 5.03. The van der Waals surface area contributed by atoms with Gasteiger partial charge in [0.15, 0.2) is 0 Å². The molecule has 0 amide bonds. The number of imidazole rings is 1. The minimum absolute atomic E-state index is 0.779. The topological polar surface area (TPSA) is 29.9 Å². The summed E-state index contributed by atoms with van der Waals surface area (Å²) >= 11 is 0. The van der Waals surface area contributed by atoms with Crippen LogP contribution in [-0.4, -0.2) is 16.1 Å². The fourth-order valence-electron chi connectivity index (χ4n) is 2.64. The maximum absolute atomic E-state index is 4.52. The molecule has 0 saturated heterocycles. The molecule has 2 rings (SSSR count). The molecular formula is C14H23N3. The lowest BCUT2D eigenvalue weighted by Gasteiger charge is -2.22. The molecule has 3 nitrogen and oxygen atoms in total. The zero-order chi connectivity index (χ0) is 12.1. The SMILES string of the molecule is C=CCNc1nc(C)cn1CC1CCCCC1. The van der Waals surface area contributed by atoms with Gasteiger partial charge in [-0.2, -0.15) is 0 Å². The molecule has 1 aliphatic rings. The van der Waals surface area contributed by atoms with Crippen molar-refractivity contribution in [1.29, 1.82) is 0 Å². The Hall–Kier alpha value is -1.25. The maximum Gasteiger partial charge on any atom is 0.203 e. The maximum atomic E-state index is 4.52. The number of aryl methyl sites for hydroxylation is 1. The van der Waals surface area contributed by atoms with Gasteiger partial charge < -0.3 is 9.88 Å². The van der Waals surface area contributed by atoms with Gasteiger partial charge in [0.1, 0.15) is 0 Å². The van der Waals surface area contributed by atoms with Crippen molar-refractivity contribution >= 4 is 5.95 Å². The summed E-state index contributed by atoms with van der Waals surface area (Å²) in [6.07, 6.45) is 11.0. The number of nitrogens with zero attached hydrogens (tertiary/aromatic N) is 2. The summed E-state index contributed by atoms with van der Waals surface area (Å²) in [4.78, 5) is 4.52. The highest BCUT2D eigenvalue weighted by Crippen LogP contribution is 2.26. The summed E-state index contributed by atoms with van der Waals surface area (Å²) in [6, 6.07) is 0. The molecule has 0 aromatic carbocycles. The van der Waals surface area contributed by atoms with E-state index < -0.39 is 0 Å². The highest BCUT2D eigenvalue weighted by Gasteiger charge is 2.15. The third-order valence-corrected chi connectivity index (χ3v) is 3.48. The summed E-state index contributed by atoms with van der Waals surface area (Å²) in [5.74, 6) is 1.83. The predicted molar refractivity (Wildman–Crippen MR) is 72.2 cm³/mol. The van der Waals surface area contributed by atoms with Crippen molar-refractivity contribution in [3.63, 3.8) is 0 Å². The van der Waals surface area contributed by atoms with Gasteiger partial charge in [-0.25, -0.2) is 4.98 Å². The van der Waals surface area contributed by atoms with Crippen LogP contribution >= 0.6 is 0 Å². The number of nitrogens with one attached hydrogen (secondary N) is 1. The Morgan fingerprint density at radius 3 is 2.94 bits per heavy atom. The summed E-state index contributed by atoms with van der Waals surface area (Å²) in [7, 11) is 0. The zero-order valence-corrected chi connectivity index (χ0v) is 10.8. The lowest BCUT2D eigenvalue weighted by Crippen LogP contribution is -2.16. The van der Waals surface area contributed by atoms with Crippen molar-refractivity contribution < 1.29 is 0 Å². The van der Waals surface area contributed by atoms with E-state index in [-0.39, 0.29) is 0 Å². The van der Waals surface area contributed by atoms with Crippen molar-refractivity contribution in [3.05, 3.63) is 24.5 Å². The van der Waals surface area contributed by atoms with Crippen LogP contribution < -0.4 is 5.32 Å². The first-order chi connectivity index (χ1) is 8.29. The van der Waals surface area contributed by atoms with Gasteiger partial charge in [0.05, 0.1) is 5.69 Å². The molecular weight excluding hydrogens is 210 g/mol. The van der Waals surface area contributed by atoms with E-state index in [9.17, 15) is 0 Å². The molecule has 0 atom stereocenters. The molecule has 3 heteroatoms. The molecule has 0 unspecified atom stereocenters. The lowest BCUT2D eigenvalue weighted by atomic mass is 9.89. The van der Waals surface area contributed by atoms with Gasteiger partial charge >= 0.3 is 0 Å². The second kappa shape index (κ2) is 5.89. The molecule has 1 heterocycles. The number of anilines is 1. The lowest BCUT2D eigenvalue weighted by molar-refractivity contribution is 0.320. The van der Waals surface area contributed by atoms with Crippen LogP contribution in [-0.2, 0) is 6.54 Å². The first-order valence-corrected chi connectivity index (χ1v) is 6.68. The van der Waals surface area contributed by atoms with Crippen molar-refractivity contribution in [2.75, 3.05) is 11.9 Å². The van der Waals surface area contributed by atoms with E-state index in [0.29, 0.717) is 0 Å². The predicted octanol–water partition coefficient (Wildman–Crippen LogP) is 3.37. The summed E-state index contributed by atoms with van der Waals surface area (Å²) in [6.45, 7) is 7.67. The van der Waals surface area contributed by atoms with Gasteiger partial charge in [-0.3, -0.25) is 0 Å². The van der Waals surface area contributed by atoms with Gasteiger partial charge in [-0.05, 0) is 25.7 Å². The van der Waals surface area contributed by atoms with Crippen LogP contribution in [0.1, 0.15) is 37.8 Å². The largest absolute Gasteiger partial charge is 0.352 e. The molecule has 0 spiro atoms. The van der Waals surface area contributed by atoms with Gasteiger partial charge in [-0.1, -0.05) is 25.3 Å². The van der Waals surface area contributed by atoms with Crippen molar-refractivity contribution in [2.45, 2.75) is 45.6 Å². The first kappa shape index (κ1) is 12.2. The van der Waals surface area contributed by atoms with E-state index in [4.69, 9.17) is 0 Å². The molecule has 1 N–H and O–H groups in total. The average Bonchev–Trinajstić information content (AvgIpc) is 2.68. The van der Waals surface area contributed by atoms with Crippen LogP contribution in [0.2, 0.25) is 0 Å². The Morgan fingerprint density at radius 2 is 2.24 bits per heavy atom. The second-order valence-electron chi connectivity index (χ2n) is 5.03. The minimum Gasteiger partial charge on any atom is -0.352 e. The summed E-state index contributed by atoms with van der Waals surface area (Å²) in [5.41, 5.74) is 1.09. The van der Waals surface area contributed by atoms with Gasteiger partial charge in [0.2, 0.25) is 5.95 Å². The Kier molecular flexibility index (Phi) is 4.24. The third-order valence-electron chi connectivity index (χ3n) is 3.48. The highest BCUT2D eigenvalue weighted by molar-refractivity contribution is 5.29. The molecule has 1 fully saturated rings. The quantitative estimate of drug-likeness (QED) is 0.790. The molecule has 0 bridgehead atoms. The molecule has 94 valence electrons. The number of rotatable bonds is 5. The Balaban J connectivity index is 2.00. The van der Waals surface area contributed by atoms with E-state index in [1.54, 1.807) is 0 Å². The van der Waals surface area contributed by atoms with Crippen molar-refractivity contribution in [3.8, 4) is 0 Å². The van der Waals surface area contributed by atoms with E-state index in [1.165, 1.54) is 32.1 Å². The van der Waals surface area contributed by atoms with E-state index in [1.807, 2.05) is 6.08 Å². The van der Waals surface area contributed by atoms with Crippen LogP contribution in [0.4, 0.5) is 5.95 Å². The van der Waals surface area contributed by atoms with Crippen LogP contribution in [0, 0.1) is 12.8 Å². The van der Waals surface area contributed by atoms with Gasteiger partial charge in [-0.15, -0.1) is 6.58 Å². The van der Waals surface area contributed by atoms with Crippen LogP contribution in [0.5, 0.6) is 0 Å². The standard InChI is InChI=1S/C14H23N3/c1-3-9-15-14-16-12(2)10-17(14)11-13-7-5-4-6-8-13/h3,10,13H,1,4-9,11H2,2H3,(H,15,16). The smallest absolute Gasteiger partial charge is 0.203 e. The molecule has 0 radical (unpaired) electrons. The molecule has 1 aromatic rings. The van der Waals surface area contributed by atoms with E-state index in [0.717, 1.165) is 30.6 Å². The Bertz CT molecular complexity index is 362. The van der Waals surface area contributed by atoms with E-state index >= 15 is 0 Å². The fraction of sp³-hybridized carbons (Fsp3) is 0.643. The number of hydrogen-bond acceptors (Lipinski definition) is 2. The van der Waals surface area contributed by atoms with Crippen LogP contribution in [0.25, 0.3) is 0 Å². The molecule has 1 aromatic heterocycles. The van der Waals surface area contributed by atoms with Crippen molar-refractivity contribution in [2.24, 2.45) is 5.92 Å². The van der Waals surface area contributed by atoms with Gasteiger partial charge in [0.25, 0.3) is 0 Å². The highest BCUT2D eigenvalue weighted by atomic mass is 15.2. The first-order valence-electron chi connectivity index (χ1n) is 6.68. The summed E-state index contributed by atoms with van der Waals surface area (Å²) in [5, 5.41) is 3.31. The Morgan fingerprint density at radius 1 is 1.47 bits per heavy atom. The van der Waals surface area contributed by atoms with Crippen LogP contribution in [0.3, 0.4) is 0 Å². The molecule has 17 heavy (non-hydrogen) atoms. The molecule has 0 aliphatic heterocycles. The van der Waals surface area contributed by atoms with Crippen molar-refractivity contribution in [1.82, 2.24) is 9.55 Å². The van der Waals surface area contributed by atoms with E-state index in [2.05, 4.69) is 34.6 Å². The average molecular weight is 233 g/mol. The number of aromatic nitrogens is 2. The third kappa shape index (κ3) is 3.35. The minimum atomic E-state index is 0.779. The van der Waals surface area contributed by atoms with Crippen LogP contribution in [0.15, 0.2) is 18.9 Å². The zero-order valence-electron chi connectivity index (χ0n) is 10.8. The number of hydrogen-bond donors (Lipinski definition) is 1. The Labute approximate surface area is 104 Å². The molecule has 1 aliphatic carbocycles. The monoisotopic (exact) mass is 233 g/mol. The normalized spacial score (nSPS) is 17.0. The van der Waals surface area contributed by atoms with Gasteiger partial charge in [0, 0.05) is 19.3 Å². The fourth-order valence-corrected chi connectivity index (χ4v) is 2.64.